The number of amides is 2. The van der Waals surface area contributed by atoms with Crippen LogP contribution in [0.4, 0.5) is 17.1 Å². The Labute approximate surface area is 198 Å². The zero-order valence-electron chi connectivity index (χ0n) is 17.2. The van der Waals surface area contributed by atoms with Crippen LogP contribution < -0.4 is 15.0 Å². The van der Waals surface area contributed by atoms with Gasteiger partial charge in [-0.25, -0.2) is 4.90 Å². The lowest BCUT2D eigenvalue weighted by Gasteiger charge is -2.28. The number of ether oxygens (including phenoxy) is 1. The van der Waals surface area contributed by atoms with Gasteiger partial charge in [-0.2, -0.15) is 0 Å². The van der Waals surface area contributed by atoms with Gasteiger partial charge < -0.3 is 15.2 Å². The molecule has 8 heteroatoms. The summed E-state index contributed by atoms with van der Waals surface area (Å²) in [7, 11) is 1.54. The number of phenolic OH excluding ortho intramolecular Hbond substituents is 1. The molecule has 0 fully saturated rings. The van der Waals surface area contributed by atoms with E-state index in [0.29, 0.717) is 43.4 Å². The van der Waals surface area contributed by atoms with Crippen LogP contribution in [0, 0.1) is 0 Å². The van der Waals surface area contributed by atoms with Crippen molar-refractivity contribution < 1.29 is 19.4 Å². The smallest absolute Gasteiger partial charge is 0.266 e. The summed E-state index contributed by atoms with van der Waals surface area (Å²) in [4.78, 5) is 27.7. The molecule has 0 saturated heterocycles. The van der Waals surface area contributed by atoms with Gasteiger partial charge in [-0.1, -0.05) is 35.3 Å². The number of nitrogens with one attached hydrogen (secondary N) is 1. The van der Waals surface area contributed by atoms with Gasteiger partial charge in [-0.3, -0.25) is 9.59 Å². The number of nitrogens with zero attached hydrogens (tertiary/aromatic N) is 1. The van der Waals surface area contributed by atoms with Crippen LogP contribution in [-0.2, 0) is 0 Å². The average molecular weight is 479 g/mol. The van der Waals surface area contributed by atoms with E-state index in [-0.39, 0.29) is 11.4 Å². The molecule has 0 aromatic heterocycles. The number of imide groups is 1. The molecule has 0 aliphatic carbocycles. The molecule has 0 radical (unpaired) electrons. The molecule has 4 aromatic carbocycles. The molecule has 0 saturated carbocycles. The first-order chi connectivity index (χ1) is 15.9. The fourth-order valence-electron chi connectivity index (χ4n) is 4.00. The molecule has 2 N–H and O–H groups in total. The van der Waals surface area contributed by atoms with Crippen LogP contribution in [-0.4, -0.2) is 24.0 Å². The van der Waals surface area contributed by atoms with E-state index < -0.39 is 11.8 Å². The highest BCUT2D eigenvalue weighted by atomic mass is 35.5. The Morgan fingerprint density at radius 1 is 0.909 bits per heavy atom. The van der Waals surface area contributed by atoms with E-state index in [9.17, 15) is 14.7 Å². The van der Waals surface area contributed by atoms with Gasteiger partial charge in [-0.05, 0) is 54.6 Å². The summed E-state index contributed by atoms with van der Waals surface area (Å²) in [6.45, 7) is 0. The number of carbonyl (C=O) groups excluding carboxylic acids is 2. The molecule has 1 aliphatic rings. The summed E-state index contributed by atoms with van der Waals surface area (Å²) in [6, 6.07) is 18.2. The van der Waals surface area contributed by atoms with Gasteiger partial charge in [-0.15, -0.1) is 0 Å². The predicted octanol–water partition coefficient (Wildman–Crippen LogP) is 6.41. The Bertz CT molecular complexity index is 1450. The first kappa shape index (κ1) is 21.1. The van der Waals surface area contributed by atoms with Crippen molar-refractivity contribution in [3.05, 3.63) is 87.9 Å². The van der Waals surface area contributed by atoms with Crippen molar-refractivity contribution in [2.75, 3.05) is 17.3 Å². The minimum Gasteiger partial charge on any atom is -0.506 e. The minimum absolute atomic E-state index is 0.0372. The van der Waals surface area contributed by atoms with E-state index >= 15 is 0 Å². The molecule has 1 heterocycles. The Hall–Kier alpha value is -3.74. The van der Waals surface area contributed by atoms with Crippen molar-refractivity contribution in [3.63, 3.8) is 0 Å². The third-order valence-electron chi connectivity index (χ3n) is 5.52. The fraction of sp³-hybridized carbons (Fsp3) is 0.0400. The number of anilines is 3. The maximum atomic E-state index is 13.4. The molecule has 0 atom stereocenters. The zero-order valence-corrected chi connectivity index (χ0v) is 18.7. The Morgan fingerprint density at radius 3 is 2.39 bits per heavy atom. The van der Waals surface area contributed by atoms with Crippen LogP contribution >= 0.6 is 23.2 Å². The highest BCUT2D eigenvalue weighted by molar-refractivity contribution is 6.37. The van der Waals surface area contributed by atoms with E-state index in [4.69, 9.17) is 27.9 Å². The number of phenols is 1. The first-order valence-corrected chi connectivity index (χ1v) is 10.7. The van der Waals surface area contributed by atoms with Crippen LogP contribution in [0.1, 0.15) is 20.7 Å². The van der Waals surface area contributed by atoms with Crippen LogP contribution in [0.5, 0.6) is 11.5 Å². The Kier molecular flexibility index (Phi) is 5.12. The number of carbonyl (C=O) groups is 2. The van der Waals surface area contributed by atoms with Gasteiger partial charge in [0.2, 0.25) is 0 Å². The summed E-state index contributed by atoms with van der Waals surface area (Å²) in [5, 5.41) is 15.6. The van der Waals surface area contributed by atoms with Gasteiger partial charge in [0.1, 0.15) is 11.5 Å². The van der Waals surface area contributed by atoms with Gasteiger partial charge in [0, 0.05) is 38.3 Å². The maximum absolute atomic E-state index is 13.4. The summed E-state index contributed by atoms with van der Waals surface area (Å²) in [6.07, 6.45) is 0. The second-order valence-corrected chi connectivity index (χ2v) is 8.29. The quantitative estimate of drug-likeness (QED) is 0.331. The third kappa shape index (κ3) is 3.44. The van der Waals surface area contributed by atoms with Gasteiger partial charge in [0.25, 0.3) is 11.8 Å². The Morgan fingerprint density at radius 2 is 1.67 bits per heavy atom. The third-order valence-corrected chi connectivity index (χ3v) is 6.05. The van der Waals surface area contributed by atoms with Crippen molar-refractivity contribution in [2.45, 2.75) is 0 Å². The number of rotatable bonds is 4. The number of benzene rings is 4. The number of hydrogen-bond donors (Lipinski definition) is 2. The molecule has 164 valence electrons. The van der Waals surface area contributed by atoms with Crippen molar-refractivity contribution in [2.24, 2.45) is 0 Å². The van der Waals surface area contributed by atoms with E-state index in [1.165, 1.54) is 18.2 Å². The van der Waals surface area contributed by atoms with Gasteiger partial charge in [0.05, 0.1) is 17.8 Å². The lowest BCUT2D eigenvalue weighted by Crippen LogP contribution is -2.40. The number of methoxy groups -OCH3 is 1. The summed E-state index contributed by atoms with van der Waals surface area (Å²) in [5.41, 5.74) is 2.16. The second-order valence-electron chi connectivity index (χ2n) is 7.44. The standard InChI is InChI=1S/C25H16Cl2N2O4/c1-33-22-10-6-14(12-18(22)27)28-19-8-7-17-23-15(19)3-2-4-16(23)24(31)29(25(17)32)20-11-13(26)5-9-21(20)30/h2-12,28,30H,1H3. The maximum Gasteiger partial charge on any atom is 0.266 e. The monoisotopic (exact) mass is 478 g/mol. The highest BCUT2D eigenvalue weighted by Gasteiger charge is 2.35. The summed E-state index contributed by atoms with van der Waals surface area (Å²) >= 11 is 12.3. The van der Waals surface area contributed by atoms with Crippen LogP contribution in [0.3, 0.4) is 0 Å². The number of aromatic hydroxyl groups is 1. The molecule has 4 aromatic rings. The van der Waals surface area contributed by atoms with Crippen molar-refractivity contribution >= 4 is 62.9 Å². The SMILES string of the molecule is COc1ccc(Nc2ccc3c4c(cccc24)C(=O)N(c2cc(Cl)ccc2O)C3=O)cc1Cl. The molecule has 1 aliphatic heterocycles. The molecule has 0 spiro atoms. The largest absolute Gasteiger partial charge is 0.506 e. The van der Waals surface area contributed by atoms with E-state index in [2.05, 4.69) is 5.32 Å². The van der Waals surface area contributed by atoms with Crippen molar-refractivity contribution in [3.8, 4) is 11.5 Å². The molecule has 0 unspecified atom stereocenters. The zero-order chi connectivity index (χ0) is 23.3. The normalized spacial score (nSPS) is 12.9. The Balaban J connectivity index is 1.63. The molecule has 2 amide bonds. The topological polar surface area (TPSA) is 78.9 Å². The lowest BCUT2D eigenvalue weighted by atomic mass is 9.92. The molecule has 6 nitrogen and oxygen atoms in total. The second kappa shape index (κ2) is 7.99. The number of halogens is 2. The fourth-order valence-corrected chi connectivity index (χ4v) is 4.42. The van der Waals surface area contributed by atoms with E-state index in [1.54, 1.807) is 43.5 Å². The molecular formula is C25H16Cl2N2O4. The van der Waals surface area contributed by atoms with Crippen LogP contribution in [0.15, 0.2) is 66.7 Å². The van der Waals surface area contributed by atoms with Crippen molar-refractivity contribution in [1.29, 1.82) is 0 Å². The molecular weight excluding hydrogens is 463 g/mol. The van der Waals surface area contributed by atoms with Crippen LogP contribution in [0.2, 0.25) is 10.0 Å². The van der Waals surface area contributed by atoms with Crippen LogP contribution in [0.25, 0.3) is 10.8 Å². The molecule has 33 heavy (non-hydrogen) atoms. The van der Waals surface area contributed by atoms with Crippen molar-refractivity contribution in [1.82, 2.24) is 0 Å². The van der Waals surface area contributed by atoms with E-state index in [0.717, 1.165) is 10.6 Å². The predicted molar refractivity (Wildman–Crippen MR) is 129 cm³/mol. The highest BCUT2D eigenvalue weighted by Crippen LogP contribution is 2.40. The number of hydrogen-bond acceptors (Lipinski definition) is 5. The lowest BCUT2D eigenvalue weighted by molar-refractivity contribution is 0.0892. The summed E-state index contributed by atoms with van der Waals surface area (Å²) in [5.74, 6) is -0.744. The molecule has 0 bridgehead atoms. The molecule has 5 rings (SSSR count). The average Bonchev–Trinajstić information content (AvgIpc) is 2.80. The van der Waals surface area contributed by atoms with Gasteiger partial charge >= 0.3 is 0 Å². The van der Waals surface area contributed by atoms with E-state index in [1.807, 2.05) is 12.1 Å². The first-order valence-electron chi connectivity index (χ1n) is 9.92. The summed E-state index contributed by atoms with van der Waals surface area (Å²) < 4.78 is 5.19. The van der Waals surface area contributed by atoms with Gasteiger partial charge in [0.15, 0.2) is 0 Å². The minimum atomic E-state index is -0.541.